The van der Waals surface area contributed by atoms with E-state index in [0.717, 1.165) is 12.0 Å². The monoisotopic (exact) mass is 155 g/mol. The van der Waals surface area contributed by atoms with Crippen LogP contribution in [-0.4, -0.2) is 24.5 Å². The Morgan fingerprint density at radius 2 is 1.91 bits per heavy atom. The highest BCUT2D eigenvalue weighted by atomic mass is 15.2. The summed E-state index contributed by atoms with van der Waals surface area (Å²) in [7, 11) is 2.23. The lowest BCUT2D eigenvalue weighted by molar-refractivity contribution is 0.0310. The van der Waals surface area contributed by atoms with Gasteiger partial charge in [0.25, 0.3) is 0 Å². The number of likely N-dealkylation sites (tertiary alicyclic amines) is 1. The van der Waals surface area contributed by atoms with Gasteiger partial charge in [0.1, 0.15) is 0 Å². The maximum absolute atomic E-state index is 2.47. The predicted molar refractivity (Wildman–Crippen MR) is 49.7 cm³/mol. The van der Waals surface area contributed by atoms with E-state index >= 15 is 0 Å². The average Bonchev–Trinajstić information content (AvgIpc) is 1.83. The van der Waals surface area contributed by atoms with Crippen molar-refractivity contribution in [1.29, 1.82) is 0 Å². The van der Waals surface area contributed by atoms with Crippen molar-refractivity contribution in [3.63, 3.8) is 0 Å². The van der Waals surface area contributed by atoms with E-state index in [1.54, 1.807) is 0 Å². The lowest BCUT2D eigenvalue weighted by Crippen LogP contribution is -2.51. The molecule has 1 rings (SSSR count). The lowest BCUT2D eigenvalue weighted by Gasteiger charge is -2.46. The van der Waals surface area contributed by atoms with Crippen LogP contribution in [0.15, 0.2) is 0 Å². The number of hydrogen-bond donors (Lipinski definition) is 0. The highest BCUT2D eigenvalue weighted by molar-refractivity contribution is 4.89. The third kappa shape index (κ3) is 1.76. The summed E-state index contributed by atoms with van der Waals surface area (Å²) < 4.78 is 0. The van der Waals surface area contributed by atoms with Gasteiger partial charge in [0, 0.05) is 6.04 Å². The summed E-state index contributed by atoms with van der Waals surface area (Å²) in [6.45, 7) is 10.7. The van der Waals surface area contributed by atoms with Crippen LogP contribution in [0.5, 0.6) is 0 Å². The Morgan fingerprint density at radius 1 is 1.36 bits per heavy atom. The molecule has 0 amide bonds. The summed E-state index contributed by atoms with van der Waals surface area (Å²) in [4.78, 5) is 2.47. The molecule has 0 aromatic heterocycles. The smallest absolute Gasteiger partial charge is 0.0135 e. The van der Waals surface area contributed by atoms with Crippen molar-refractivity contribution in [2.75, 3.05) is 13.6 Å². The molecule has 1 aliphatic rings. The third-order valence-electron chi connectivity index (χ3n) is 3.29. The second-order valence-corrected chi connectivity index (χ2v) is 4.99. The van der Waals surface area contributed by atoms with Crippen LogP contribution in [0.4, 0.5) is 0 Å². The Hall–Kier alpha value is -0.0400. The van der Waals surface area contributed by atoms with Gasteiger partial charge in [0.15, 0.2) is 0 Å². The topological polar surface area (TPSA) is 3.24 Å². The van der Waals surface area contributed by atoms with Gasteiger partial charge in [-0.3, -0.25) is 0 Å². The highest BCUT2D eigenvalue weighted by Gasteiger charge is 2.35. The van der Waals surface area contributed by atoms with Gasteiger partial charge in [0.2, 0.25) is 0 Å². The summed E-state index contributed by atoms with van der Waals surface area (Å²) in [6, 6.07) is 0.843. The van der Waals surface area contributed by atoms with Crippen LogP contribution >= 0.6 is 0 Å². The van der Waals surface area contributed by atoms with Crippen LogP contribution in [0.2, 0.25) is 0 Å². The first-order valence-corrected chi connectivity index (χ1v) is 4.63. The van der Waals surface area contributed by atoms with E-state index in [1.165, 1.54) is 13.0 Å². The van der Waals surface area contributed by atoms with Crippen molar-refractivity contribution in [3.8, 4) is 0 Å². The quantitative estimate of drug-likeness (QED) is 0.562. The molecule has 0 aromatic carbocycles. The van der Waals surface area contributed by atoms with Crippen molar-refractivity contribution in [2.24, 2.45) is 11.3 Å². The van der Waals surface area contributed by atoms with Crippen LogP contribution in [0.25, 0.3) is 0 Å². The Balaban J connectivity index is 2.47. The molecular formula is C10H21N. The molecule has 0 saturated carbocycles. The first-order valence-electron chi connectivity index (χ1n) is 4.63. The number of nitrogens with zero attached hydrogens (tertiary/aromatic N) is 1. The summed E-state index contributed by atoms with van der Waals surface area (Å²) in [5, 5.41) is 0. The van der Waals surface area contributed by atoms with Crippen molar-refractivity contribution in [3.05, 3.63) is 0 Å². The Labute approximate surface area is 70.8 Å². The molecule has 0 bridgehead atoms. The molecule has 1 fully saturated rings. The molecule has 0 N–H and O–H groups in total. The summed E-state index contributed by atoms with van der Waals surface area (Å²) in [5.74, 6) is 0.821. The van der Waals surface area contributed by atoms with Gasteiger partial charge in [-0.25, -0.2) is 0 Å². The molecule has 0 aliphatic carbocycles. The van der Waals surface area contributed by atoms with Crippen LogP contribution < -0.4 is 0 Å². The minimum atomic E-state index is 0.472. The van der Waals surface area contributed by atoms with Crippen molar-refractivity contribution >= 4 is 0 Å². The van der Waals surface area contributed by atoms with Crippen molar-refractivity contribution < 1.29 is 0 Å². The van der Waals surface area contributed by atoms with E-state index in [0.29, 0.717) is 5.41 Å². The maximum Gasteiger partial charge on any atom is 0.0135 e. The van der Waals surface area contributed by atoms with Gasteiger partial charge in [-0.05, 0) is 31.3 Å². The fourth-order valence-corrected chi connectivity index (χ4v) is 1.75. The van der Waals surface area contributed by atoms with E-state index in [-0.39, 0.29) is 0 Å². The second kappa shape index (κ2) is 2.78. The van der Waals surface area contributed by atoms with Gasteiger partial charge >= 0.3 is 0 Å². The van der Waals surface area contributed by atoms with Crippen LogP contribution in [0.1, 0.15) is 34.1 Å². The molecule has 11 heavy (non-hydrogen) atoms. The molecule has 2 atom stereocenters. The highest BCUT2D eigenvalue weighted by Crippen LogP contribution is 2.35. The largest absolute Gasteiger partial charge is 0.303 e. The summed E-state index contributed by atoms with van der Waals surface area (Å²) in [6.07, 6.45) is 1.40. The zero-order valence-electron chi connectivity index (χ0n) is 8.52. The van der Waals surface area contributed by atoms with E-state index in [1.807, 2.05) is 0 Å². The molecule has 0 aromatic rings. The lowest BCUT2D eigenvalue weighted by atomic mass is 9.74. The van der Waals surface area contributed by atoms with E-state index < -0.39 is 0 Å². The molecule has 0 spiro atoms. The minimum absolute atomic E-state index is 0.472. The van der Waals surface area contributed by atoms with Crippen LogP contribution in [-0.2, 0) is 0 Å². The van der Waals surface area contributed by atoms with Crippen LogP contribution in [0, 0.1) is 11.3 Å². The zero-order valence-corrected chi connectivity index (χ0v) is 8.52. The van der Waals surface area contributed by atoms with E-state index in [4.69, 9.17) is 0 Å². The molecule has 2 unspecified atom stereocenters. The summed E-state index contributed by atoms with van der Waals surface area (Å²) in [5.41, 5.74) is 0.472. The first-order chi connectivity index (χ1) is 4.93. The molecule has 1 nitrogen and oxygen atoms in total. The van der Waals surface area contributed by atoms with Crippen LogP contribution in [0.3, 0.4) is 0 Å². The second-order valence-electron chi connectivity index (χ2n) is 4.99. The van der Waals surface area contributed by atoms with Gasteiger partial charge < -0.3 is 4.90 Å². The maximum atomic E-state index is 2.47. The van der Waals surface area contributed by atoms with E-state index in [9.17, 15) is 0 Å². The third-order valence-corrected chi connectivity index (χ3v) is 3.29. The minimum Gasteiger partial charge on any atom is -0.303 e. The SMILES string of the molecule is CC(C1CCN1C)C(C)(C)C. The Morgan fingerprint density at radius 3 is 2.00 bits per heavy atom. The number of hydrogen-bond acceptors (Lipinski definition) is 1. The molecule has 1 saturated heterocycles. The molecule has 1 heteroatoms. The summed E-state index contributed by atoms with van der Waals surface area (Å²) >= 11 is 0. The van der Waals surface area contributed by atoms with Gasteiger partial charge in [-0.1, -0.05) is 27.7 Å². The zero-order chi connectivity index (χ0) is 8.65. The van der Waals surface area contributed by atoms with Gasteiger partial charge in [-0.15, -0.1) is 0 Å². The van der Waals surface area contributed by atoms with Gasteiger partial charge in [0.05, 0.1) is 0 Å². The van der Waals surface area contributed by atoms with Gasteiger partial charge in [-0.2, -0.15) is 0 Å². The fraction of sp³-hybridized carbons (Fsp3) is 1.00. The Bertz CT molecular complexity index is 134. The van der Waals surface area contributed by atoms with E-state index in [2.05, 4.69) is 39.6 Å². The Kier molecular flexibility index (Phi) is 2.29. The number of rotatable bonds is 1. The van der Waals surface area contributed by atoms with Crippen molar-refractivity contribution in [2.45, 2.75) is 40.2 Å². The standard InChI is InChI=1S/C10H21N/c1-8(10(2,3)4)9-6-7-11(9)5/h8-9H,6-7H2,1-5H3. The normalized spacial score (nSPS) is 29.7. The average molecular weight is 155 g/mol. The molecule has 66 valence electrons. The molecule has 1 aliphatic heterocycles. The molecule has 1 heterocycles. The molecular weight excluding hydrogens is 134 g/mol. The fourth-order valence-electron chi connectivity index (χ4n) is 1.75. The predicted octanol–water partition coefficient (Wildman–Crippen LogP) is 2.37. The first kappa shape index (κ1) is 9.05. The van der Waals surface area contributed by atoms with Crippen molar-refractivity contribution in [1.82, 2.24) is 4.90 Å². The molecule has 0 radical (unpaired) electrons.